The fourth-order valence-corrected chi connectivity index (χ4v) is 5.47. The summed E-state index contributed by atoms with van der Waals surface area (Å²) in [5.41, 5.74) is 1.85. The van der Waals surface area contributed by atoms with Crippen LogP contribution in [0.3, 0.4) is 0 Å². The molecule has 37 heavy (non-hydrogen) atoms. The van der Waals surface area contributed by atoms with Gasteiger partial charge in [0, 0.05) is 31.1 Å². The minimum atomic E-state index is -3.62. The Morgan fingerprint density at radius 3 is 2.32 bits per heavy atom. The van der Waals surface area contributed by atoms with Gasteiger partial charge < -0.3 is 10.2 Å². The highest BCUT2D eigenvalue weighted by Crippen LogP contribution is 2.29. The van der Waals surface area contributed by atoms with Crippen molar-refractivity contribution in [1.29, 1.82) is 0 Å². The van der Waals surface area contributed by atoms with Crippen molar-refractivity contribution in [3.05, 3.63) is 62.6 Å². The summed E-state index contributed by atoms with van der Waals surface area (Å²) in [5.74, 6) is -0.495. The molecule has 204 valence electrons. The van der Waals surface area contributed by atoms with Crippen molar-refractivity contribution in [2.75, 3.05) is 23.7 Å². The van der Waals surface area contributed by atoms with Gasteiger partial charge in [0.25, 0.3) is 0 Å². The third-order valence-electron chi connectivity index (χ3n) is 5.93. The molecule has 7 nitrogen and oxygen atoms in total. The summed E-state index contributed by atoms with van der Waals surface area (Å²) < 4.78 is 26.4. The van der Waals surface area contributed by atoms with Crippen molar-refractivity contribution in [3.8, 4) is 0 Å². The van der Waals surface area contributed by atoms with Gasteiger partial charge in [0.15, 0.2) is 0 Å². The van der Waals surface area contributed by atoms with E-state index in [1.807, 2.05) is 13.8 Å². The van der Waals surface area contributed by atoms with E-state index in [-0.39, 0.29) is 37.7 Å². The molecule has 2 aromatic carbocycles. The Bertz CT molecular complexity index is 1210. The highest BCUT2D eigenvalue weighted by Gasteiger charge is 2.29. The minimum absolute atomic E-state index is 0.0461. The van der Waals surface area contributed by atoms with E-state index >= 15 is 0 Å². The summed E-state index contributed by atoms with van der Waals surface area (Å²) in [6.45, 7) is 6.31. The second kappa shape index (κ2) is 14.2. The van der Waals surface area contributed by atoms with E-state index in [1.54, 1.807) is 43.3 Å². The average molecular weight is 591 g/mol. The molecule has 1 N–H and O–H groups in total. The molecule has 0 unspecified atom stereocenters. The minimum Gasteiger partial charge on any atom is -0.354 e. The third-order valence-corrected chi connectivity index (χ3v) is 8.26. The van der Waals surface area contributed by atoms with Crippen LogP contribution >= 0.6 is 34.8 Å². The van der Waals surface area contributed by atoms with Crippen molar-refractivity contribution in [2.45, 2.75) is 59.0 Å². The predicted molar refractivity (Wildman–Crippen MR) is 152 cm³/mol. The van der Waals surface area contributed by atoms with E-state index in [0.29, 0.717) is 39.3 Å². The lowest BCUT2D eigenvalue weighted by Crippen LogP contribution is -2.49. The zero-order valence-electron chi connectivity index (χ0n) is 21.6. The number of carbonyl (C=O) groups excluding carboxylic acids is 2. The van der Waals surface area contributed by atoms with Gasteiger partial charge in [-0.05, 0) is 61.6 Å². The zero-order valence-corrected chi connectivity index (χ0v) is 24.6. The number of hydrogen-bond acceptors (Lipinski definition) is 4. The number of sulfonamides is 1. The number of nitrogens with one attached hydrogen (secondary N) is 1. The quantitative estimate of drug-likeness (QED) is 0.318. The Labute approximate surface area is 235 Å². The van der Waals surface area contributed by atoms with Gasteiger partial charge in [-0.15, -0.1) is 0 Å². The van der Waals surface area contributed by atoms with Gasteiger partial charge >= 0.3 is 0 Å². The lowest BCUT2D eigenvalue weighted by Gasteiger charge is -2.31. The van der Waals surface area contributed by atoms with Gasteiger partial charge in [0.05, 0.1) is 22.0 Å². The number of nitrogens with zero attached hydrogens (tertiary/aromatic N) is 2. The number of halogens is 3. The molecule has 2 amide bonds. The van der Waals surface area contributed by atoms with Crippen LogP contribution in [0, 0.1) is 6.92 Å². The van der Waals surface area contributed by atoms with Gasteiger partial charge in [-0.2, -0.15) is 0 Å². The first-order valence-corrected chi connectivity index (χ1v) is 15.1. The van der Waals surface area contributed by atoms with Crippen molar-refractivity contribution in [3.63, 3.8) is 0 Å². The number of rotatable bonds is 13. The SMILES string of the molecule is CCCNC(=O)[C@H](CC)N(Cc1ccc(Cl)c(Cl)c1)C(=O)CCCN(c1cccc(Cl)c1C)S(C)(=O)=O. The average Bonchev–Trinajstić information content (AvgIpc) is 2.83. The van der Waals surface area contributed by atoms with Crippen LogP contribution in [0.1, 0.15) is 50.7 Å². The molecule has 0 saturated carbocycles. The van der Waals surface area contributed by atoms with E-state index in [2.05, 4.69) is 5.32 Å². The van der Waals surface area contributed by atoms with E-state index in [4.69, 9.17) is 34.8 Å². The summed E-state index contributed by atoms with van der Waals surface area (Å²) >= 11 is 18.4. The van der Waals surface area contributed by atoms with Gasteiger partial charge in [-0.1, -0.05) is 60.8 Å². The molecule has 0 saturated heterocycles. The highest BCUT2D eigenvalue weighted by molar-refractivity contribution is 7.92. The maximum atomic E-state index is 13.5. The van der Waals surface area contributed by atoms with Crippen LogP contribution in [0.2, 0.25) is 15.1 Å². The van der Waals surface area contributed by atoms with Crippen molar-refractivity contribution in [1.82, 2.24) is 10.2 Å². The number of hydrogen-bond donors (Lipinski definition) is 1. The smallest absolute Gasteiger partial charge is 0.242 e. The van der Waals surface area contributed by atoms with Crippen LogP contribution in [0.15, 0.2) is 36.4 Å². The molecule has 0 aliphatic heterocycles. The molecule has 0 aromatic heterocycles. The van der Waals surface area contributed by atoms with Crippen LogP contribution in [0.5, 0.6) is 0 Å². The first-order valence-electron chi connectivity index (χ1n) is 12.1. The zero-order chi connectivity index (χ0) is 27.8. The fraction of sp³-hybridized carbons (Fsp3) is 0.462. The van der Waals surface area contributed by atoms with E-state index in [0.717, 1.165) is 18.2 Å². The molecule has 11 heteroatoms. The Balaban J connectivity index is 2.26. The standard InChI is InChI=1S/C26H34Cl3N3O4S/c1-5-14-30-26(34)23(6-2)31(17-19-12-13-21(28)22(29)16-19)25(33)11-8-15-32(37(4,35)36)24-10-7-9-20(27)18(24)3/h7,9-10,12-13,16,23H,5-6,8,11,14-15,17H2,1-4H3,(H,30,34)/t23-/m0/s1. The van der Waals surface area contributed by atoms with Crippen LogP contribution in [0.25, 0.3) is 0 Å². The number of amides is 2. The number of benzene rings is 2. The van der Waals surface area contributed by atoms with E-state index < -0.39 is 16.1 Å². The van der Waals surface area contributed by atoms with Crippen molar-refractivity contribution >= 4 is 62.3 Å². The van der Waals surface area contributed by atoms with E-state index in [9.17, 15) is 18.0 Å². The van der Waals surface area contributed by atoms with Crippen LogP contribution in [-0.2, 0) is 26.2 Å². The molecule has 1 atom stereocenters. The molecule has 0 fully saturated rings. The lowest BCUT2D eigenvalue weighted by molar-refractivity contribution is -0.141. The van der Waals surface area contributed by atoms with Crippen LogP contribution < -0.4 is 9.62 Å². The highest BCUT2D eigenvalue weighted by atomic mass is 35.5. The molecular weight excluding hydrogens is 557 g/mol. The molecule has 0 heterocycles. The number of anilines is 1. The van der Waals surface area contributed by atoms with E-state index in [1.165, 1.54) is 9.21 Å². The molecule has 2 aromatic rings. The Morgan fingerprint density at radius 1 is 1.03 bits per heavy atom. The summed E-state index contributed by atoms with van der Waals surface area (Å²) in [6, 6.07) is 9.47. The first-order chi connectivity index (χ1) is 17.4. The Kier molecular flexibility index (Phi) is 12.0. The van der Waals surface area contributed by atoms with Gasteiger partial charge in [-0.3, -0.25) is 13.9 Å². The first kappa shape index (κ1) is 31.2. The second-order valence-electron chi connectivity index (χ2n) is 8.81. The molecule has 0 bridgehead atoms. The summed E-state index contributed by atoms with van der Waals surface area (Å²) in [6.07, 6.45) is 2.61. The summed E-state index contributed by atoms with van der Waals surface area (Å²) in [7, 11) is -3.62. The van der Waals surface area contributed by atoms with Gasteiger partial charge in [0.2, 0.25) is 21.8 Å². The van der Waals surface area contributed by atoms with Crippen LogP contribution in [0.4, 0.5) is 5.69 Å². The van der Waals surface area contributed by atoms with Crippen molar-refractivity contribution < 1.29 is 18.0 Å². The number of carbonyl (C=O) groups is 2. The molecule has 0 aliphatic carbocycles. The monoisotopic (exact) mass is 589 g/mol. The Hall–Kier alpha value is -2.00. The molecule has 2 rings (SSSR count). The fourth-order valence-electron chi connectivity index (χ4n) is 3.97. The van der Waals surface area contributed by atoms with Gasteiger partial charge in [0.1, 0.15) is 6.04 Å². The largest absolute Gasteiger partial charge is 0.354 e. The van der Waals surface area contributed by atoms with Crippen molar-refractivity contribution in [2.24, 2.45) is 0 Å². The lowest BCUT2D eigenvalue weighted by atomic mass is 10.1. The summed E-state index contributed by atoms with van der Waals surface area (Å²) in [4.78, 5) is 27.9. The van der Waals surface area contributed by atoms with Crippen LogP contribution in [-0.4, -0.2) is 50.5 Å². The normalized spacial score (nSPS) is 12.2. The molecule has 0 spiro atoms. The molecular formula is C26H34Cl3N3O4S. The second-order valence-corrected chi connectivity index (χ2v) is 11.9. The third kappa shape index (κ3) is 8.77. The summed E-state index contributed by atoms with van der Waals surface area (Å²) in [5, 5.41) is 4.08. The molecule has 0 radical (unpaired) electrons. The maximum absolute atomic E-state index is 13.5. The van der Waals surface area contributed by atoms with Gasteiger partial charge in [-0.25, -0.2) is 8.42 Å². The Morgan fingerprint density at radius 2 is 1.73 bits per heavy atom. The topological polar surface area (TPSA) is 86.8 Å². The molecule has 0 aliphatic rings. The predicted octanol–water partition coefficient (Wildman–Crippen LogP) is 5.84. The maximum Gasteiger partial charge on any atom is 0.242 e.